The lowest BCUT2D eigenvalue weighted by atomic mass is 10.3. The summed E-state index contributed by atoms with van der Waals surface area (Å²) < 4.78 is 37.8. The number of sulfonamides is 1. The second-order valence-electron chi connectivity index (χ2n) is 7.25. The monoisotopic (exact) mass is 498 g/mol. The van der Waals surface area contributed by atoms with Crippen LogP contribution >= 0.6 is 23.1 Å². The molecule has 4 rings (SSSR count). The Morgan fingerprint density at radius 1 is 1.09 bits per heavy atom. The minimum atomic E-state index is -3.71. The second-order valence-corrected chi connectivity index (χ2v) is 11.3. The zero-order valence-corrected chi connectivity index (χ0v) is 20.4. The van der Waals surface area contributed by atoms with E-state index in [9.17, 15) is 13.2 Å². The van der Waals surface area contributed by atoms with Gasteiger partial charge in [0.15, 0.2) is 5.76 Å². The lowest BCUT2D eigenvalue weighted by Gasteiger charge is -2.33. The number of rotatable bonds is 6. The number of hydrogen-bond donors (Lipinski definition) is 0. The molecular formula is C18H22N6O5S3. The Morgan fingerprint density at radius 3 is 2.41 bits per heavy atom. The van der Waals surface area contributed by atoms with Crippen LogP contribution in [-0.2, 0) is 14.8 Å². The topological polar surface area (TPSA) is 136 Å². The molecule has 0 spiro atoms. The molecule has 1 saturated heterocycles. The van der Waals surface area contributed by atoms with Crippen molar-refractivity contribution in [1.29, 1.82) is 0 Å². The van der Waals surface area contributed by atoms with Crippen molar-refractivity contribution in [3.05, 3.63) is 22.2 Å². The number of thiazole rings is 1. The highest BCUT2D eigenvalue weighted by atomic mass is 32.2. The SMILES string of the molecule is Cc1nc(C)c(-c2nnc(SCC(=O)N3CCN(S(=O)(=O)c4c(C)noc4C)CC3)o2)s1. The third kappa shape index (κ3) is 4.44. The number of carbonyl (C=O) groups excluding carboxylic acids is 1. The standard InChI is InChI=1S/C18H22N6O5S3/c1-10-15(31-13(4)19-10)17-20-21-18(28-17)30-9-14(25)23-5-7-24(8-6-23)32(26,27)16-11(2)22-29-12(16)3/h5-9H2,1-4H3. The number of piperazine rings is 1. The van der Waals surface area contributed by atoms with Crippen molar-refractivity contribution < 1.29 is 22.2 Å². The average molecular weight is 499 g/mol. The lowest BCUT2D eigenvalue weighted by molar-refractivity contribution is -0.129. The zero-order valence-electron chi connectivity index (χ0n) is 18.0. The maximum Gasteiger partial charge on any atom is 0.277 e. The highest BCUT2D eigenvalue weighted by molar-refractivity contribution is 7.99. The normalized spacial score (nSPS) is 15.4. The highest BCUT2D eigenvalue weighted by Crippen LogP contribution is 2.30. The van der Waals surface area contributed by atoms with E-state index in [1.165, 1.54) is 15.6 Å². The highest BCUT2D eigenvalue weighted by Gasteiger charge is 2.34. The van der Waals surface area contributed by atoms with Crippen LogP contribution in [0.25, 0.3) is 10.8 Å². The van der Waals surface area contributed by atoms with Gasteiger partial charge in [0.25, 0.3) is 11.1 Å². The number of aromatic nitrogens is 4. The van der Waals surface area contributed by atoms with Crippen LogP contribution in [0.2, 0.25) is 0 Å². The molecule has 11 nitrogen and oxygen atoms in total. The summed E-state index contributed by atoms with van der Waals surface area (Å²) >= 11 is 2.63. The van der Waals surface area contributed by atoms with Gasteiger partial charge in [-0.25, -0.2) is 13.4 Å². The van der Waals surface area contributed by atoms with Gasteiger partial charge in [0, 0.05) is 26.2 Å². The van der Waals surface area contributed by atoms with E-state index in [0.29, 0.717) is 29.9 Å². The number of amides is 1. The molecule has 0 aliphatic carbocycles. The molecule has 3 aromatic heterocycles. The first-order valence-corrected chi connectivity index (χ1v) is 13.0. The molecule has 0 unspecified atom stereocenters. The van der Waals surface area contributed by atoms with Crippen LogP contribution in [0.4, 0.5) is 0 Å². The zero-order chi connectivity index (χ0) is 23.0. The minimum Gasteiger partial charge on any atom is -0.410 e. The maximum atomic E-state index is 12.9. The van der Waals surface area contributed by atoms with Gasteiger partial charge in [-0.3, -0.25) is 4.79 Å². The van der Waals surface area contributed by atoms with Crippen LogP contribution in [-0.4, -0.2) is 75.8 Å². The summed E-state index contributed by atoms with van der Waals surface area (Å²) in [6.07, 6.45) is 0. The molecular weight excluding hydrogens is 476 g/mol. The summed E-state index contributed by atoms with van der Waals surface area (Å²) in [6, 6.07) is 0. The third-order valence-electron chi connectivity index (χ3n) is 4.98. The van der Waals surface area contributed by atoms with Crippen LogP contribution in [0.5, 0.6) is 0 Å². The Kier molecular flexibility index (Phi) is 6.38. The molecule has 4 heterocycles. The Hall–Kier alpha value is -2.29. The van der Waals surface area contributed by atoms with E-state index in [0.717, 1.165) is 27.3 Å². The van der Waals surface area contributed by atoms with Gasteiger partial charge in [-0.15, -0.1) is 21.5 Å². The Morgan fingerprint density at radius 2 is 1.81 bits per heavy atom. The van der Waals surface area contributed by atoms with Crippen molar-refractivity contribution in [3.8, 4) is 10.8 Å². The van der Waals surface area contributed by atoms with Gasteiger partial charge in [-0.2, -0.15) is 4.31 Å². The first-order chi connectivity index (χ1) is 15.2. The van der Waals surface area contributed by atoms with Crippen molar-refractivity contribution in [3.63, 3.8) is 0 Å². The second kappa shape index (κ2) is 8.92. The molecule has 3 aromatic rings. The molecule has 0 saturated carbocycles. The summed E-state index contributed by atoms with van der Waals surface area (Å²) in [6.45, 7) is 7.98. The van der Waals surface area contributed by atoms with Crippen LogP contribution < -0.4 is 0 Å². The molecule has 0 aromatic carbocycles. The van der Waals surface area contributed by atoms with E-state index in [4.69, 9.17) is 8.94 Å². The molecule has 1 aliphatic heterocycles. The molecule has 1 fully saturated rings. The fourth-order valence-corrected chi connectivity index (χ4v) is 6.67. The van der Waals surface area contributed by atoms with Gasteiger partial charge < -0.3 is 13.8 Å². The predicted octanol–water partition coefficient (Wildman–Crippen LogP) is 2.04. The van der Waals surface area contributed by atoms with E-state index < -0.39 is 10.0 Å². The first kappa shape index (κ1) is 22.9. The van der Waals surface area contributed by atoms with Gasteiger partial charge >= 0.3 is 0 Å². The van der Waals surface area contributed by atoms with Crippen molar-refractivity contribution in [2.24, 2.45) is 0 Å². The van der Waals surface area contributed by atoms with Gasteiger partial charge in [-0.1, -0.05) is 16.9 Å². The third-order valence-corrected chi connectivity index (χ3v) is 8.99. The summed E-state index contributed by atoms with van der Waals surface area (Å²) in [5, 5.41) is 13.0. The number of carbonyl (C=O) groups is 1. The van der Waals surface area contributed by atoms with Crippen molar-refractivity contribution in [2.45, 2.75) is 37.8 Å². The number of thioether (sulfide) groups is 1. The summed E-state index contributed by atoms with van der Waals surface area (Å²) in [4.78, 5) is 19.5. The maximum absolute atomic E-state index is 12.9. The first-order valence-electron chi connectivity index (χ1n) is 9.78. The van der Waals surface area contributed by atoms with E-state index in [1.807, 2.05) is 13.8 Å². The Bertz CT molecular complexity index is 1220. The van der Waals surface area contributed by atoms with Crippen LogP contribution in [0, 0.1) is 27.7 Å². The number of hydrogen-bond acceptors (Lipinski definition) is 11. The van der Waals surface area contributed by atoms with E-state index >= 15 is 0 Å². The summed E-state index contributed by atoms with van der Waals surface area (Å²) in [5.41, 5.74) is 1.16. The van der Waals surface area contributed by atoms with Crippen molar-refractivity contribution in [1.82, 2.24) is 29.5 Å². The molecule has 1 amide bonds. The fraction of sp³-hybridized carbons (Fsp3) is 0.500. The minimum absolute atomic E-state index is 0.103. The number of aryl methyl sites for hydroxylation is 4. The summed E-state index contributed by atoms with van der Waals surface area (Å²) in [5.74, 6) is 0.661. The quantitative estimate of drug-likeness (QED) is 0.464. The Balaban J connectivity index is 1.32. The molecule has 0 radical (unpaired) electrons. The van der Waals surface area contributed by atoms with E-state index in [1.54, 1.807) is 18.7 Å². The fourth-order valence-electron chi connectivity index (χ4n) is 3.45. The molecule has 1 aliphatic rings. The average Bonchev–Trinajstić information content (AvgIpc) is 3.45. The largest absolute Gasteiger partial charge is 0.410 e. The smallest absolute Gasteiger partial charge is 0.277 e. The number of nitrogens with zero attached hydrogens (tertiary/aromatic N) is 6. The summed E-state index contributed by atoms with van der Waals surface area (Å²) in [7, 11) is -3.71. The van der Waals surface area contributed by atoms with Gasteiger partial charge in [0.1, 0.15) is 15.5 Å². The van der Waals surface area contributed by atoms with Crippen LogP contribution in [0.3, 0.4) is 0 Å². The Labute approximate surface area is 193 Å². The molecule has 14 heteroatoms. The van der Waals surface area contributed by atoms with Crippen molar-refractivity contribution >= 4 is 39.0 Å². The molecule has 0 bridgehead atoms. The van der Waals surface area contributed by atoms with Crippen LogP contribution in [0.1, 0.15) is 22.2 Å². The van der Waals surface area contributed by atoms with Gasteiger partial charge in [0.05, 0.1) is 16.5 Å². The molecule has 0 atom stereocenters. The van der Waals surface area contributed by atoms with Crippen LogP contribution in [0.15, 0.2) is 19.1 Å². The predicted molar refractivity (Wildman–Crippen MR) is 117 cm³/mol. The van der Waals surface area contributed by atoms with Gasteiger partial charge in [-0.05, 0) is 27.7 Å². The molecule has 32 heavy (non-hydrogen) atoms. The van der Waals surface area contributed by atoms with Crippen molar-refractivity contribution in [2.75, 3.05) is 31.9 Å². The van der Waals surface area contributed by atoms with E-state index in [-0.39, 0.29) is 35.4 Å². The van der Waals surface area contributed by atoms with E-state index in [2.05, 4.69) is 20.3 Å². The molecule has 172 valence electrons. The molecule has 0 N–H and O–H groups in total. The van der Waals surface area contributed by atoms with Gasteiger partial charge in [0.2, 0.25) is 15.9 Å². The lowest BCUT2D eigenvalue weighted by Crippen LogP contribution is -2.51.